The predicted molar refractivity (Wildman–Crippen MR) is 52.2 cm³/mol. The van der Waals surface area contributed by atoms with Crippen molar-refractivity contribution < 1.29 is 9.90 Å². The highest BCUT2D eigenvalue weighted by Crippen LogP contribution is 2.61. The monoisotopic (exact) mass is 188 g/mol. The summed E-state index contributed by atoms with van der Waals surface area (Å²) < 4.78 is 0. The molecule has 14 heavy (non-hydrogen) atoms. The second-order valence-electron chi connectivity index (χ2n) is 4.41. The maximum Gasteiger partial charge on any atom is 0.307 e. The number of carbonyl (C=O) groups is 1. The number of hydrogen-bond donors (Lipinski definition) is 1. The Balaban J connectivity index is 2.04. The highest BCUT2D eigenvalue weighted by atomic mass is 16.4. The Kier molecular flexibility index (Phi) is 1.37. The van der Waals surface area contributed by atoms with E-state index in [9.17, 15) is 4.79 Å². The fourth-order valence-corrected chi connectivity index (χ4v) is 2.92. The Morgan fingerprint density at radius 1 is 1.43 bits per heavy atom. The Morgan fingerprint density at radius 3 is 2.93 bits per heavy atom. The number of aryl methyl sites for hydroxylation is 1. The van der Waals surface area contributed by atoms with Crippen molar-refractivity contribution in [1.82, 2.24) is 0 Å². The molecule has 2 nitrogen and oxygen atoms in total. The first-order chi connectivity index (χ1) is 6.74. The van der Waals surface area contributed by atoms with E-state index in [0.717, 1.165) is 19.3 Å². The lowest BCUT2D eigenvalue weighted by Gasteiger charge is -2.08. The molecule has 0 bridgehead atoms. The number of benzene rings is 1. The van der Waals surface area contributed by atoms with Gasteiger partial charge < -0.3 is 5.11 Å². The lowest BCUT2D eigenvalue weighted by molar-refractivity contribution is -0.139. The Labute approximate surface area is 82.6 Å². The van der Waals surface area contributed by atoms with Gasteiger partial charge >= 0.3 is 5.97 Å². The number of rotatable bonds is 1. The van der Waals surface area contributed by atoms with E-state index in [0.29, 0.717) is 0 Å². The molecule has 2 heteroatoms. The van der Waals surface area contributed by atoms with Crippen molar-refractivity contribution in [3.05, 3.63) is 35.4 Å². The maximum atomic E-state index is 10.9. The third-order valence-electron chi connectivity index (χ3n) is 3.77. The molecule has 0 amide bonds. The van der Waals surface area contributed by atoms with Crippen molar-refractivity contribution >= 4 is 5.97 Å². The van der Waals surface area contributed by atoms with Crippen molar-refractivity contribution in [2.75, 3.05) is 0 Å². The summed E-state index contributed by atoms with van der Waals surface area (Å²) in [6, 6.07) is 8.28. The minimum Gasteiger partial charge on any atom is -0.481 e. The van der Waals surface area contributed by atoms with E-state index in [2.05, 4.69) is 12.1 Å². The van der Waals surface area contributed by atoms with E-state index in [-0.39, 0.29) is 11.3 Å². The van der Waals surface area contributed by atoms with Gasteiger partial charge in [-0.05, 0) is 30.4 Å². The molecule has 0 heterocycles. The molecule has 2 unspecified atom stereocenters. The quantitative estimate of drug-likeness (QED) is 0.731. The average Bonchev–Trinajstić information content (AvgIpc) is 2.80. The Hall–Kier alpha value is -1.31. The summed E-state index contributed by atoms with van der Waals surface area (Å²) in [6.07, 6.45) is 2.93. The smallest absolute Gasteiger partial charge is 0.307 e. The fraction of sp³-hybridized carbons (Fsp3) is 0.417. The van der Waals surface area contributed by atoms with Gasteiger partial charge in [-0.3, -0.25) is 4.79 Å². The van der Waals surface area contributed by atoms with Crippen LogP contribution in [0.2, 0.25) is 0 Å². The van der Waals surface area contributed by atoms with Crippen LogP contribution in [0.1, 0.15) is 24.0 Å². The summed E-state index contributed by atoms with van der Waals surface area (Å²) in [6.45, 7) is 0. The van der Waals surface area contributed by atoms with Crippen LogP contribution in [0, 0.1) is 5.92 Å². The Bertz CT molecular complexity index is 411. The highest BCUT2D eigenvalue weighted by molar-refractivity contribution is 5.78. The second-order valence-corrected chi connectivity index (χ2v) is 4.41. The zero-order valence-electron chi connectivity index (χ0n) is 7.86. The third-order valence-corrected chi connectivity index (χ3v) is 3.77. The molecule has 1 aromatic rings. The van der Waals surface area contributed by atoms with Crippen LogP contribution in [-0.4, -0.2) is 11.1 Å². The number of carboxylic acid groups (broad SMARTS) is 1. The minimum atomic E-state index is -0.623. The summed E-state index contributed by atoms with van der Waals surface area (Å²) in [7, 11) is 0. The van der Waals surface area contributed by atoms with Crippen LogP contribution >= 0.6 is 0 Å². The van der Waals surface area contributed by atoms with Gasteiger partial charge in [0.25, 0.3) is 0 Å². The molecule has 0 saturated heterocycles. The lowest BCUT2D eigenvalue weighted by atomic mass is 9.95. The van der Waals surface area contributed by atoms with Crippen molar-refractivity contribution in [2.45, 2.75) is 24.7 Å². The highest BCUT2D eigenvalue weighted by Gasteiger charge is 2.61. The lowest BCUT2D eigenvalue weighted by Crippen LogP contribution is -2.11. The molecule has 1 N–H and O–H groups in total. The number of aliphatic carboxylic acids is 1. The summed E-state index contributed by atoms with van der Waals surface area (Å²) >= 11 is 0. The van der Waals surface area contributed by atoms with E-state index < -0.39 is 5.97 Å². The molecular formula is C12H12O2. The van der Waals surface area contributed by atoms with Crippen LogP contribution in [0.15, 0.2) is 24.3 Å². The first-order valence-corrected chi connectivity index (χ1v) is 5.05. The first-order valence-electron chi connectivity index (χ1n) is 5.05. The normalized spacial score (nSPS) is 33.0. The number of fused-ring (bicyclic) bond motifs is 2. The van der Waals surface area contributed by atoms with Gasteiger partial charge in [-0.25, -0.2) is 0 Å². The second kappa shape index (κ2) is 2.38. The van der Waals surface area contributed by atoms with Crippen LogP contribution in [0.5, 0.6) is 0 Å². The van der Waals surface area contributed by atoms with Gasteiger partial charge in [-0.1, -0.05) is 24.3 Å². The van der Waals surface area contributed by atoms with Gasteiger partial charge in [0, 0.05) is 5.41 Å². The van der Waals surface area contributed by atoms with Crippen molar-refractivity contribution in [3.63, 3.8) is 0 Å². The number of carboxylic acids is 1. The van der Waals surface area contributed by atoms with Gasteiger partial charge in [0.05, 0.1) is 5.92 Å². The van der Waals surface area contributed by atoms with E-state index in [1.54, 1.807) is 0 Å². The zero-order chi connectivity index (χ0) is 9.76. The summed E-state index contributed by atoms with van der Waals surface area (Å²) in [4.78, 5) is 10.9. The molecule has 0 aliphatic heterocycles. The third kappa shape index (κ3) is 0.834. The standard InChI is InChI=1S/C12H12O2/c13-11(14)10-7-12(10)6-5-8-3-1-2-4-9(8)12/h1-4,10H,5-7H2,(H,13,14). The molecular weight excluding hydrogens is 176 g/mol. The maximum absolute atomic E-state index is 10.9. The molecule has 3 rings (SSSR count). The summed E-state index contributed by atoms with van der Waals surface area (Å²) in [5, 5.41) is 9.00. The van der Waals surface area contributed by atoms with Gasteiger partial charge in [0.1, 0.15) is 0 Å². The van der Waals surface area contributed by atoms with E-state index >= 15 is 0 Å². The largest absolute Gasteiger partial charge is 0.481 e. The first kappa shape index (κ1) is 8.04. The van der Waals surface area contributed by atoms with Crippen LogP contribution in [0.3, 0.4) is 0 Å². The fourth-order valence-electron chi connectivity index (χ4n) is 2.92. The van der Waals surface area contributed by atoms with Crippen LogP contribution in [-0.2, 0) is 16.6 Å². The van der Waals surface area contributed by atoms with Gasteiger partial charge in [-0.15, -0.1) is 0 Å². The average molecular weight is 188 g/mol. The SMILES string of the molecule is O=C(O)C1CC12CCc1ccccc12. The van der Waals surface area contributed by atoms with Gasteiger partial charge in [0.15, 0.2) is 0 Å². The molecule has 1 spiro atoms. The van der Waals surface area contributed by atoms with E-state index in [1.165, 1.54) is 11.1 Å². The van der Waals surface area contributed by atoms with Crippen LogP contribution < -0.4 is 0 Å². The predicted octanol–water partition coefficient (Wildman–Crippen LogP) is 1.98. The molecule has 0 radical (unpaired) electrons. The van der Waals surface area contributed by atoms with Crippen molar-refractivity contribution in [3.8, 4) is 0 Å². The van der Waals surface area contributed by atoms with Crippen LogP contribution in [0.25, 0.3) is 0 Å². The molecule has 1 saturated carbocycles. The molecule has 2 atom stereocenters. The molecule has 1 fully saturated rings. The topological polar surface area (TPSA) is 37.3 Å². The zero-order valence-corrected chi connectivity index (χ0v) is 7.86. The molecule has 2 aliphatic carbocycles. The minimum absolute atomic E-state index is 0.0163. The summed E-state index contributed by atoms with van der Waals surface area (Å²) in [5.74, 6) is -0.743. The van der Waals surface area contributed by atoms with E-state index in [1.807, 2.05) is 12.1 Å². The van der Waals surface area contributed by atoms with Crippen molar-refractivity contribution in [2.24, 2.45) is 5.92 Å². The Morgan fingerprint density at radius 2 is 2.21 bits per heavy atom. The molecule has 72 valence electrons. The molecule has 1 aromatic carbocycles. The van der Waals surface area contributed by atoms with Crippen LogP contribution in [0.4, 0.5) is 0 Å². The van der Waals surface area contributed by atoms with Crippen molar-refractivity contribution in [1.29, 1.82) is 0 Å². The summed E-state index contributed by atoms with van der Waals surface area (Å²) in [5.41, 5.74) is 2.67. The number of hydrogen-bond acceptors (Lipinski definition) is 1. The molecule has 2 aliphatic rings. The molecule has 0 aromatic heterocycles. The van der Waals surface area contributed by atoms with Gasteiger partial charge in [-0.2, -0.15) is 0 Å². The van der Waals surface area contributed by atoms with E-state index in [4.69, 9.17) is 5.11 Å². The van der Waals surface area contributed by atoms with Gasteiger partial charge in [0.2, 0.25) is 0 Å².